The Morgan fingerprint density at radius 3 is 2.21 bits per heavy atom. The summed E-state index contributed by atoms with van der Waals surface area (Å²) in [7, 11) is 0. The predicted molar refractivity (Wildman–Crippen MR) is 132 cm³/mol. The molecule has 0 aromatic heterocycles. The lowest BCUT2D eigenvalue weighted by atomic mass is 9.32. The van der Waals surface area contributed by atoms with Crippen molar-refractivity contribution in [2.45, 2.75) is 106 Å². The molecular weight excluding hydrogens is 408 g/mol. The van der Waals surface area contributed by atoms with Crippen LogP contribution in [0.25, 0.3) is 0 Å². The molecule has 9 atom stereocenters. The Hall–Kier alpha value is -1.12. The van der Waals surface area contributed by atoms with E-state index in [0.717, 1.165) is 51.4 Å². The molecule has 5 aliphatic carbocycles. The number of hydrogen-bond donors (Lipinski definition) is 1. The Kier molecular flexibility index (Phi) is 4.99. The number of rotatable bonds is 2. The van der Waals surface area contributed by atoms with Crippen LogP contribution in [-0.2, 0) is 9.59 Å². The summed E-state index contributed by atoms with van der Waals surface area (Å²) in [4.78, 5) is 25.7. The first-order valence-electron chi connectivity index (χ1n) is 13.7. The number of aliphatic carboxylic acids is 1. The van der Waals surface area contributed by atoms with Crippen LogP contribution in [0.4, 0.5) is 0 Å². The van der Waals surface area contributed by atoms with Gasteiger partial charge in [0.15, 0.2) is 0 Å². The van der Waals surface area contributed by atoms with Gasteiger partial charge in [0.1, 0.15) is 5.78 Å². The van der Waals surface area contributed by atoms with Crippen LogP contribution in [0.15, 0.2) is 12.2 Å². The molecule has 184 valence electrons. The third-order valence-corrected chi connectivity index (χ3v) is 13.2. The average molecular weight is 455 g/mol. The summed E-state index contributed by atoms with van der Waals surface area (Å²) < 4.78 is 0. The molecule has 0 aliphatic heterocycles. The van der Waals surface area contributed by atoms with Crippen molar-refractivity contribution in [3.63, 3.8) is 0 Å². The fraction of sp³-hybridized carbons (Fsp3) is 0.867. The summed E-state index contributed by atoms with van der Waals surface area (Å²) in [6, 6.07) is 0. The molecule has 0 heterocycles. The van der Waals surface area contributed by atoms with Gasteiger partial charge in [-0.2, -0.15) is 0 Å². The van der Waals surface area contributed by atoms with Crippen LogP contribution in [0.3, 0.4) is 0 Å². The summed E-state index contributed by atoms with van der Waals surface area (Å²) in [6.07, 6.45) is 10.1. The maximum absolute atomic E-state index is 12.9. The number of hydrogen-bond acceptors (Lipinski definition) is 2. The van der Waals surface area contributed by atoms with E-state index < -0.39 is 11.4 Å². The summed E-state index contributed by atoms with van der Waals surface area (Å²) in [5.74, 6) is 2.07. The standard InChI is InChI=1S/C30H46O3/c1-18(2)19-10-15-30(25(32)33)17-16-28(6)20(24(19)30)8-9-22-27(5)13-12-23(31)26(3,4)21(27)11-14-29(22,28)7/h19-22,24H,1,8-17H2,2-7H3,(H,32,33)/t19?,20-,21?,22-,24?,27+,28-,29-,30+/m1/s1. The van der Waals surface area contributed by atoms with E-state index in [1.165, 1.54) is 18.4 Å². The second kappa shape index (κ2) is 6.97. The summed E-state index contributed by atoms with van der Waals surface area (Å²) in [5, 5.41) is 10.5. The SMILES string of the molecule is C=C(C)C1CC[C@]2(C(=O)O)CC[C@]3(C)[C@H](CC[C@@H]4[C@@]5(C)CCC(=O)C(C)(C)C5CC[C@]43C)C12. The molecule has 5 fully saturated rings. The first-order chi connectivity index (χ1) is 15.3. The normalized spacial score (nSPS) is 52.8. The minimum Gasteiger partial charge on any atom is -0.481 e. The molecule has 3 unspecified atom stereocenters. The van der Waals surface area contributed by atoms with Gasteiger partial charge in [0.05, 0.1) is 5.41 Å². The lowest BCUT2D eigenvalue weighted by Gasteiger charge is -2.72. The van der Waals surface area contributed by atoms with Crippen LogP contribution < -0.4 is 0 Å². The van der Waals surface area contributed by atoms with Crippen molar-refractivity contribution >= 4 is 11.8 Å². The maximum atomic E-state index is 12.9. The van der Waals surface area contributed by atoms with Gasteiger partial charge in [0.25, 0.3) is 0 Å². The highest BCUT2D eigenvalue weighted by Crippen LogP contribution is 2.77. The van der Waals surface area contributed by atoms with Gasteiger partial charge in [-0.15, -0.1) is 0 Å². The van der Waals surface area contributed by atoms with E-state index in [9.17, 15) is 14.7 Å². The van der Waals surface area contributed by atoms with E-state index in [2.05, 4.69) is 48.1 Å². The molecule has 0 aromatic rings. The fourth-order valence-electron chi connectivity index (χ4n) is 11.3. The van der Waals surface area contributed by atoms with Crippen molar-refractivity contribution in [1.82, 2.24) is 0 Å². The number of carbonyl (C=O) groups is 2. The van der Waals surface area contributed by atoms with Gasteiger partial charge >= 0.3 is 5.97 Å². The number of carboxylic acids is 1. The van der Waals surface area contributed by atoms with Crippen LogP contribution in [0.1, 0.15) is 106 Å². The number of Topliss-reactive ketones (excluding diaryl/α,β-unsaturated/α-hetero) is 1. The zero-order chi connectivity index (χ0) is 24.2. The molecule has 0 saturated heterocycles. The Balaban J connectivity index is 1.57. The van der Waals surface area contributed by atoms with Crippen molar-refractivity contribution in [1.29, 1.82) is 0 Å². The molecule has 5 aliphatic rings. The molecule has 5 saturated carbocycles. The number of allylic oxidation sites excluding steroid dienone is 1. The largest absolute Gasteiger partial charge is 0.481 e. The molecular formula is C30H46O3. The Morgan fingerprint density at radius 1 is 0.879 bits per heavy atom. The van der Waals surface area contributed by atoms with E-state index in [-0.39, 0.29) is 27.6 Å². The smallest absolute Gasteiger partial charge is 0.309 e. The Labute approximate surface area is 201 Å². The minimum atomic E-state index is -0.547. The van der Waals surface area contributed by atoms with Gasteiger partial charge in [0, 0.05) is 11.8 Å². The van der Waals surface area contributed by atoms with Gasteiger partial charge < -0.3 is 5.11 Å². The number of carbonyl (C=O) groups excluding carboxylic acids is 1. The van der Waals surface area contributed by atoms with E-state index in [1.807, 2.05) is 0 Å². The van der Waals surface area contributed by atoms with Crippen molar-refractivity contribution in [2.75, 3.05) is 0 Å². The average Bonchev–Trinajstić information content (AvgIpc) is 3.13. The van der Waals surface area contributed by atoms with Gasteiger partial charge in [-0.3, -0.25) is 9.59 Å². The molecule has 0 bridgehead atoms. The van der Waals surface area contributed by atoms with Crippen molar-refractivity contribution in [3.05, 3.63) is 12.2 Å². The van der Waals surface area contributed by atoms with Crippen molar-refractivity contribution in [2.24, 2.45) is 56.7 Å². The van der Waals surface area contributed by atoms with Crippen molar-refractivity contribution < 1.29 is 14.7 Å². The summed E-state index contributed by atoms with van der Waals surface area (Å²) >= 11 is 0. The second-order valence-corrected chi connectivity index (χ2v) is 14.3. The summed E-state index contributed by atoms with van der Waals surface area (Å²) in [5.41, 5.74) is 1.03. The molecule has 0 amide bonds. The highest BCUT2D eigenvalue weighted by Gasteiger charge is 2.72. The highest BCUT2D eigenvalue weighted by molar-refractivity contribution is 5.85. The third-order valence-electron chi connectivity index (χ3n) is 13.2. The number of carboxylic acid groups (broad SMARTS) is 1. The fourth-order valence-corrected chi connectivity index (χ4v) is 11.3. The minimum absolute atomic E-state index is 0.164. The van der Waals surface area contributed by atoms with E-state index in [0.29, 0.717) is 29.5 Å². The zero-order valence-electron chi connectivity index (χ0n) is 21.9. The van der Waals surface area contributed by atoms with Crippen molar-refractivity contribution in [3.8, 4) is 0 Å². The number of fused-ring (bicyclic) bond motifs is 7. The quantitative estimate of drug-likeness (QED) is 0.445. The Morgan fingerprint density at radius 2 is 1.58 bits per heavy atom. The van der Waals surface area contributed by atoms with Crippen LogP contribution in [-0.4, -0.2) is 16.9 Å². The van der Waals surface area contributed by atoms with E-state index >= 15 is 0 Å². The molecule has 33 heavy (non-hydrogen) atoms. The number of ketones is 1. The lowest BCUT2D eigenvalue weighted by molar-refractivity contribution is -0.235. The molecule has 1 N–H and O–H groups in total. The van der Waals surface area contributed by atoms with Gasteiger partial charge in [-0.1, -0.05) is 46.8 Å². The highest BCUT2D eigenvalue weighted by atomic mass is 16.4. The van der Waals surface area contributed by atoms with Gasteiger partial charge in [0.2, 0.25) is 0 Å². The predicted octanol–water partition coefficient (Wildman–Crippen LogP) is 7.30. The molecule has 0 spiro atoms. The van der Waals surface area contributed by atoms with Crippen LogP contribution in [0, 0.1) is 56.7 Å². The molecule has 0 aromatic carbocycles. The first kappa shape index (κ1) is 23.6. The van der Waals surface area contributed by atoms with Crippen LogP contribution >= 0.6 is 0 Å². The third kappa shape index (κ3) is 2.69. The Bertz CT molecular complexity index is 902. The van der Waals surface area contributed by atoms with Crippen LogP contribution in [0.2, 0.25) is 0 Å². The lowest BCUT2D eigenvalue weighted by Crippen LogP contribution is -2.66. The zero-order valence-corrected chi connectivity index (χ0v) is 21.9. The van der Waals surface area contributed by atoms with E-state index in [1.54, 1.807) is 0 Å². The monoisotopic (exact) mass is 454 g/mol. The maximum Gasteiger partial charge on any atom is 0.309 e. The van der Waals surface area contributed by atoms with Gasteiger partial charge in [-0.25, -0.2) is 0 Å². The first-order valence-corrected chi connectivity index (χ1v) is 13.7. The van der Waals surface area contributed by atoms with Crippen LogP contribution in [0.5, 0.6) is 0 Å². The topological polar surface area (TPSA) is 54.4 Å². The molecule has 3 heteroatoms. The molecule has 5 rings (SSSR count). The second-order valence-electron chi connectivity index (χ2n) is 14.3. The van der Waals surface area contributed by atoms with E-state index in [4.69, 9.17) is 0 Å². The molecule has 3 nitrogen and oxygen atoms in total. The summed E-state index contributed by atoms with van der Waals surface area (Å²) in [6.45, 7) is 18.5. The van der Waals surface area contributed by atoms with Gasteiger partial charge in [-0.05, 0) is 111 Å². The molecule has 0 radical (unpaired) electrons.